The Labute approximate surface area is 72.0 Å². The smallest absolute Gasteiger partial charge is 0.190 e. The largest absolute Gasteiger partial charge is 0.370 e. The topological polar surface area (TPSA) is 35.5 Å². The molecule has 0 aliphatic carbocycles. The van der Waals surface area contributed by atoms with Crippen molar-refractivity contribution < 1.29 is 14.3 Å². The van der Waals surface area contributed by atoms with Gasteiger partial charge in [-0.3, -0.25) is 4.79 Å². The quantitative estimate of drug-likeness (QED) is 0.618. The van der Waals surface area contributed by atoms with Crippen LogP contribution in [0.5, 0.6) is 0 Å². The number of Topliss-reactive ketones (excluding diaryl/α,β-unsaturated/α-hetero) is 1. The van der Waals surface area contributed by atoms with Gasteiger partial charge in [0.2, 0.25) is 0 Å². The summed E-state index contributed by atoms with van der Waals surface area (Å²) < 4.78 is 10.6. The molecule has 2 atom stereocenters. The second kappa shape index (κ2) is 3.54. The van der Waals surface area contributed by atoms with Gasteiger partial charge in [0.15, 0.2) is 5.78 Å². The van der Waals surface area contributed by atoms with E-state index in [-0.39, 0.29) is 18.0 Å². The first-order valence-corrected chi connectivity index (χ1v) is 4.65. The summed E-state index contributed by atoms with van der Waals surface area (Å²) >= 11 is 0. The van der Waals surface area contributed by atoms with E-state index in [0.717, 1.165) is 38.9 Å². The lowest BCUT2D eigenvalue weighted by molar-refractivity contribution is -0.137. The summed E-state index contributed by atoms with van der Waals surface area (Å²) in [7, 11) is 0. The summed E-state index contributed by atoms with van der Waals surface area (Å²) in [5.41, 5.74) is 0. The van der Waals surface area contributed by atoms with Gasteiger partial charge < -0.3 is 9.47 Å². The van der Waals surface area contributed by atoms with Crippen molar-refractivity contribution >= 4 is 5.78 Å². The summed E-state index contributed by atoms with van der Waals surface area (Å²) in [6.45, 7) is 1.48. The molecule has 2 saturated heterocycles. The molecular formula is C9H14O3. The van der Waals surface area contributed by atoms with Crippen molar-refractivity contribution in [3.63, 3.8) is 0 Å². The Bertz CT molecular complexity index is 149. The second-order valence-corrected chi connectivity index (χ2v) is 3.41. The molecule has 2 aliphatic rings. The predicted molar refractivity (Wildman–Crippen MR) is 43.0 cm³/mol. The molecule has 0 saturated carbocycles. The highest BCUT2D eigenvalue weighted by molar-refractivity contribution is 5.87. The first-order chi connectivity index (χ1) is 5.88. The van der Waals surface area contributed by atoms with Crippen LogP contribution in [0.3, 0.4) is 0 Å². The molecule has 3 nitrogen and oxygen atoms in total. The molecule has 0 unspecified atom stereocenters. The molecule has 2 aliphatic heterocycles. The molecule has 2 fully saturated rings. The minimum atomic E-state index is -0.159. The summed E-state index contributed by atoms with van der Waals surface area (Å²) in [6, 6.07) is 0. The van der Waals surface area contributed by atoms with Gasteiger partial charge in [-0.15, -0.1) is 0 Å². The fourth-order valence-corrected chi connectivity index (χ4v) is 1.81. The number of hydrogen-bond acceptors (Lipinski definition) is 3. The van der Waals surface area contributed by atoms with E-state index < -0.39 is 0 Å². The molecule has 0 aromatic heterocycles. The van der Waals surface area contributed by atoms with Crippen molar-refractivity contribution in [1.29, 1.82) is 0 Å². The van der Waals surface area contributed by atoms with Gasteiger partial charge in [0.1, 0.15) is 12.2 Å². The van der Waals surface area contributed by atoms with Crippen molar-refractivity contribution in [3.8, 4) is 0 Å². The Balaban J connectivity index is 1.89. The number of ether oxygens (including phenoxy) is 2. The van der Waals surface area contributed by atoms with Crippen LogP contribution in [0.15, 0.2) is 0 Å². The van der Waals surface area contributed by atoms with E-state index in [2.05, 4.69) is 0 Å². The Morgan fingerprint density at radius 3 is 1.83 bits per heavy atom. The molecule has 0 amide bonds. The lowest BCUT2D eigenvalue weighted by Gasteiger charge is -2.12. The summed E-state index contributed by atoms with van der Waals surface area (Å²) in [6.07, 6.45) is 3.49. The molecule has 0 N–H and O–H groups in total. The molecule has 2 heterocycles. The summed E-state index contributed by atoms with van der Waals surface area (Å²) in [5, 5.41) is 0. The molecule has 3 heteroatoms. The fourth-order valence-electron chi connectivity index (χ4n) is 1.81. The molecular weight excluding hydrogens is 156 g/mol. The molecule has 0 bridgehead atoms. The molecule has 0 spiro atoms. The van der Waals surface area contributed by atoms with Crippen LogP contribution in [0, 0.1) is 0 Å². The van der Waals surface area contributed by atoms with Gasteiger partial charge in [0.05, 0.1) is 0 Å². The van der Waals surface area contributed by atoms with Crippen LogP contribution in [0.1, 0.15) is 25.7 Å². The highest BCUT2D eigenvalue weighted by Gasteiger charge is 2.32. The van der Waals surface area contributed by atoms with Crippen molar-refractivity contribution in [2.45, 2.75) is 37.9 Å². The van der Waals surface area contributed by atoms with Gasteiger partial charge in [-0.2, -0.15) is 0 Å². The second-order valence-electron chi connectivity index (χ2n) is 3.41. The molecule has 0 aromatic carbocycles. The zero-order chi connectivity index (χ0) is 8.39. The monoisotopic (exact) mass is 170 g/mol. The lowest BCUT2D eigenvalue weighted by atomic mass is 10.1. The predicted octanol–water partition coefficient (Wildman–Crippen LogP) is 0.913. The zero-order valence-corrected chi connectivity index (χ0v) is 7.12. The Morgan fingerprint density at radius 1 is 1.00 bits per heavy atom. The maximum absolute atomic E-state index is 11.6. The van der Waals surface area contributed by atoms with Crippen molar-refractivity contribution in [2.75, 3.05) is 13.2 Å². The number of hydrogen-bond donors (Lipinski definition) is 0. The molecule has 12 heavy (non-hydrogen) atoms. The first kappa shape index (κ1) is 8.20. The summed E-state index contributed by atoms with van der Waals surface area (Å²) in [5.74, 6) is 0.171. The lowest BCUT2D eigenvalue weighted by Crippen LogP contribution is -2.31. The van der Waals surface area contributed by atoms with E-state index in [4.69, 9.17) is 9.47 Å². The van der Waals surface area contributed by atoms with Crippen LogP contribution in [0.2, 0.25) is 0 Å². The third-order valence-corrected chi connectivity index (χ3v) is 2.49. The van der Waals surface area contributed by atoms with E-state index >= 15 is 0 Å². The number of ketones is 1. The van der Waals surface area contributed by atoms with E-state index in [9.17, 15) is 4.79 Å². The van der Waals surface area contributed by atoms with Crippen LogP contribution in [0.25, 0.3) is 0 Å². The average Bonchev–Trinajstić information content (AvgIpc) is 2.77. The zero-order valence-electron chi connectivity index (χ0n) is 7.12. The molecule has 2 rings (SSSR count). The SMILES string of the molecule is O=C([C@H]1CCCO1)[C@H]1CCCO1. The Morgan fingerprint density at radius 2 is 1.50 bits per heavy atom. The van der Waals surface area contributed by atoms with Gasteiger partial charge in [0, 0.05) is 13.2 Å². The van der Waals surface area contributed by atoms with Crippen molar-refractivity contribution in [2.24, 2.45) is 0 Å². The van der Waals surface area contributed by atoms with Crippen LogP contribution in [-0.4, -0.2) is 31.2 Å². The maximum atomic E-state index is 11.6. The first-order valence-electron chi connectivity index (χ1n) is 4.65. The minimum Gasteiger partial charge on any atom is -0.370 e. The van der Waals surface area contributed by atoms with Crippen LogP contribution < -0.4 is 0 Å². The van der Waals surface area contributed by atoms with E-state index in [1.165, 1.54) is 0 Å². The highest BCUT2D eigenvalue weighted by Crippen LogP contribution is 2.20. The standard InChI is InChI=1S/C9H14O3/c10-9(7-3-1-5-11-7)8-4-2-6-12-8/h7-8H,1-6H2/t7-,8-/m1/s1. The van der Waals surface area contributed by atoms with Gasteiger partial charge >= 0.3 is 0 Å². The third kappa shape index (κ3) is 1.52. The fraction of sp³-hybridized carbons (Fsp3) is 0.889. The molecule has 68 valence electrons. The number of carbonyl (C=O) groups is 1. The van der Waals surface area contributed by atoms with Crippen LogP contribution >= 0.6 is 0 Å². The van der Waals surface area contributed by atoms with Crippen LogP contribution in [0.4, 0.5) is 0 Å². The van der Waals surface area contributed by atoms with Crippen molar-refractivity contribution in [1.82, 2.24) is 0 Å². The molecule has 0 radical (unpaired) electrons. The van der Waals surface area contributed by atoms with Gasteiger partial charge in [-0.25, -0.2) is 0 Å². The average molecular weight is 170 g/mol. The highest BCUT2D eigenvalue weighted by atomic mass is 16.5. The Hall–Kier alpha value is -0.410. The normalized spacial score (nSPS) is 35.7. The number of rotatable bonds is 2. The summed E-state index contributed by atoms with van der Waals surface area (Å²) in [4.78, 5) is 11.6. The van der Waals surface area contributed by atoms with Gasteiger partial charge in [-0.05, 0) is 25.7 Å². The van der Waals surface area contributed by atoms with Crippen molar-refractivity contribution in [3.05, 3.63) is 0 Å². The van der Waals surface area contributed by atoms with Gasteiger partial charge in [0.25, 0.3) is 0 Å². The molecule has 0 aromatic rings. The van der Waals surface area contributed by atoms with Gasteiger partial charge in [-0.1, -0.05) is 0 Å². The van der Waals surface area contributed by atoms with E-state index in [1.54, 1.807) is 0 Å². The third-order valence-electron chi connectivity index (χ3n) is 2.49. The maximum Gasteiger partial charge on any atom is 0.190 e. The van der Waals surface area contributed by atoms with E-state index in [0.29, 0.717) is 0 Å². The van der Waals surface area contributed by atoms with E-state index in [1.807, 2.05) is 0 Å². The minimum absolute atomic E-state index is 0.159. The number of carbonyl (C=O) groups excluding carboxylic acids is 1. The van der Waals surface area contributed by atoms with Crippen LogP contribution in [-0.2, 0) is 14.3 Å². The Kier molecular flexibility index (Phi) is 2.42.